The van der Waals surface area contributed by atoms with Crippen LogP contribution in [0.4, 0.5) is 5.69 Å². The molecule has 1 heterocycles. The molecule has 2 atom stereocenters. The minimum absolute atomic E-state index is 0.0837. The Kier molecular flexibility index (Phi) is 8.32. The van der Waals surface area contributed by atoms with Gasteiger partial charge in [0.1, 0.15) is 17.5 Å². The zero-order valence-electron chi connectivity index (χ0n) is 16.1. The number of benzene rings is 2. The SMILES string of the molecule is CN1CCC([NH+](C(=O)COc2ccccc2)c2ccccc2)C1.O=C([O-])C(=O)O. The van der Waals surface area contributed by atoms with Crippen molar-refractivity contribution in [3.63, 3.8) is 0 Å². The number of rotatable bonds is 5. The maximum Gasteiger partial charge on any atom is 0.354 e. The summed E-state index contributed by atoms with van der Waals surface area (Å²) >= 11 is 0. The minimum Gasteiger partial charge on any atom is -0.539 e. The number of carbonyl (C=O) groups excluding carboxylic acids is 2. The Morgan fingerprint density at radius 1 is 1.10 bits per heavy atom. The van der Waals surface area contributed by atoms with E-state index in [0.717, 1.165) is 35.8 Å². The summed E-state index contributed by atoms with van der Waals surface area (Å²) in [5, 5.41) is 16.3. The van der Waals surface area contributed by atoms with E-state index in [1.807, 2.05) is 60.7 Å². The number of nitrogens with one attached hydrogen (secondary N) is 1. The van der Waals surface area contributed by atoms with Gasteiger partial charge in [0.25, 0.3) is 0 Å². The van der Waals surface area contributed by atoms with E-state index in [9.17, 15) is 4.79 Å². The second-order valence-corrected chi connectivity index (χ2v) is 6.65. The van der Waals surface area contributed by atoms with Crippen LogP contribution >= 0.6 is 0 Å². The fraction of sp³-hybridized carbons (Fsp3) is 0.286. The summed E-state index contributed by atoms with van der Waals surface area (Å²) in [6, 6.07) is 19.8. The number of carbonyl (C=O) groups is 3. The average molecular weight is 400 g/mol. The molecular weight excluding hydrogens is 376 g/mol. The van der Waals surface area contributed by atoms with E-state index in [-0.39, 0.29) is 18.6 Å². The molecule has 0 radical (unpaired) electrons. The largest absolute Gasteiger partial charge is 0.539 e. The highest BCUT2D eigenvalue weighted by molar-refractivity contribution is 6.26. The summed E-state index contributed by atoms with van der Waals surface area (Å²) in [5.74, 6) is -3.19. The molecule has 1 fully saturated rings. The molecule has 1 aliphatic rings. The first-order chi connectivity index (χ1) is 13.9. The zero-order valence-corrected chi connectivity index (χ0v) is 16.1. The number of aliphatic carboxylic acids is 2. The van der Waals surface area contributed by atoms with Crippen molar-refractivity contribution in [3.05, 3.63) is 60.7 Å². The van der Waals surface area contributed by atoms with Crippen LogP contribution in [0.25, 0.3) is 0 Å². The van der Waals surface area contributed by atoms with Gasteiger partial charge in [-0.3, -0.25) is 0 Å². The molecule has 0 aromatic heterocycles. The highest BCUT2D eigenvalue weighted by Crippen LogP contribution is 2.10. The third-order valence-electron chi connectivity index (χ3n) is 4.47. The van der Waals surface area contributed by atoms with Crippen molar-refractivity contribution < 1.29 is 34.2 Å². The lowest BCUT2D eigenvalue weighted by molar-refractivity contribution is -0.777. The Bertz CT molecular complexity index is 800. The Balaban J connectivity index is 0.000000438. The molecule has 0 saturated carbocycles. The van der Waals surface area contributed by atoms with Gasteiger partial charge in [0, 0.05) is 13.0 Å². The van der Waals surface area contributed by atoms with Gasteiger partial charge in [-0.1, -0.05) is 36.4 Å². The lowest BCUT2D eigenvalue weighted by Crippen LogP contribution is -3.15. The van der Waals surface area contributed by atoms with Gasteiger partial charge >= 0.3 is 11.9 Å². The summed E-state index contributed by atoms with van der Waals surface area (Å²) in [4.78, 5) is 34.0. The number of quaternary nitrogens is 1. The van der Waals surface area contributed by atoms with Crippen LogP contribution in [-0.4, -0.2) is 60.6 Å². The van der Waals surface area contributed by atoms with E-state index in [1.165, 1.54) is 0 Å². The maximum atomic E-state index is 12.8. The van der Waals surface area contributed by atoms with Gasteiger partial charge in [-0.15, -0.1) is 0 Å². The second-order valence-electron chi connectivity index (χ2n) is 6.65. The van der Waals surface area contributed by atoms with E-state index in [0.29, 0.717) is 0 Å². The Morgan fingerprint density at radius 3 is 2.14 bits per heavy atom. The molecule has 0 aliphatic carbocycles. The Labute approximate surface area is 168 Å². The maximum absolute atomic E-state index is 12.8. The van der Waals surface area contributed by atoms with Crippen LogP contribution in [0.1, 0.15) is 6.42 Å². The lowest BCUT2D eigenvalue weighted by Gasteiger charge is -2.23. The van der Waals surface area contributed by atoms with Crippen molar-refractivity contribution in [2.75, 3.05) is 26.7 Å². The number of likely N-dealkylation sites (tertiary alicyclic amines) is 1. The van der Waals surface area contributed by atoms with Gasteiger partial charge in [0.05, 0.1) is 6.54 Å². The summed E-state index contributed by atoms with van der Waals surface area (Å²) < 4.78 is 5.67. The molecule has 2 unspecified atom stereocenters. The second kappa shape index (κ2) is 10.9. The van der Waals surface area contributed by atoms with Crippen molar-refractivity contribution >= 4 is 23.5 Å². The molecule has 8 heteroatoms. The van der Waals surface area contributed by atoms with Crippen LogP contribution in [0.2, 0.25) is 0 Å². The fourth-order valence-corrected chi connectivity index (χ4v) is 3.16. The molecule has 2 aromatic rings. The summed E-state index contributed by atoms with van der Waals surface area (Å²) in [5.41, 5.74) is 1.02. The fourth-order valence-electron chi connectivity index (χ4n) is 3.16. The van der Waals surface area contributed by atoms with Crippen molar-refractivity contribution in [2.24, 2.45) is 0 Å². The first-order valence-corrected chi connectivity index (χ1v) is 9.14. The van der Waals surface area contributed by atoms with Crippen LogP contribution in [0.5, 0.6) is 5.75 Å². The highest BCUT2D eigenvalue weighted by atomic mass is 16.5. The third-order valence-corrected chi connectivity index (χ3v) is 4.47. The Hall–Kier alpha value is -3.23. The van der Waals surface area contributed by atoms with Gasteiger partial charge < -0.3 is 24.6 Å². The van der Waals surface area contributed by atoms with Crippen molar-refractivity contribution in [1.82, 2.24) is 4.90 Å². The molecule has 1 saturated heterocycles. The number of para-hydroxylation sites is 2. The monoisotopic (exact) mass is 400 g/mol. The molecule has 29 heavy (non-hydrogen) atoms. The number of nitrogens with zero attached hydrogens (tertiary/aromatic N) is 1. The number of ether oxygens (including phenoxy) is 1. The number of carboxylic acids is 2. The lowest BCUT2D eigenvalue weighted by atomic mass is 10.2. The predicted molar refractivity (Wildman–Crippen MR) is 103 cm³/mol. The number of likely N-dealkylation sites (N-methyl/N-ethyl adjacent to an activating group) is 1. The van der Waals surface area contributed by atoms with Crippen LogP contribution in [-0.2, 0) is 14.4 Å². The van der Waals surface area contributed by atoms with E-state index in [4.69, 9.17) is 24.5 Å². The molecule has 8 nitrogen and oxygen atoms in total. The van der Waals surface area contributed by atoms with Gasteiger partial charge in [-0.05, 0) is 31.3 Å². The first kappa shape index (κ1) is 22.1. The quantitative estimate of drug-likeness (QED) is 0.641. The number of hydrogen-bond donors (Lipinski definition) is 2. The molecular formula is C21H24N2O6. The summed E-state index contributed by atoms with van der Waals surface area (Å²) in [7, 11) is 2.10. The van der Waals surface area contributed by atoms with Crippen LogP contribution < -0.4 is 14.7 Å². The number of hydrogen-bond acceptors (Lipinski definition) is 6. The third kappa shape index (κ3) is 7.02. The van der Waals surface area contributed by atoms with Gasteiger partial charge in [0.15, 0.2) is 5.97 Å². The zero-order chi connectivity index (χ0) is 21.2. The van der Waals surface area contributed by atoms with Crippen molar-refractivity contribution in [3.8, 4) is 5.75 Å². The standard InChI is InChI=1S/C19H22N2O2.C2H2O4/c1-20-13-12-17(14-20)21(16-8-4-2-5-9-16)19(22)15-23-18-10-6-3-7-11-18;3-1(4)2(5)6/h2-11,17H,12-15H2,1H3;(H,3,4)(H,5,6). The van der Waals surface area contributed by atoms with Crippen molar-refractivity contribution in [1.29, 1.82) is 0 Å². The Morgan fingerprint density at radius 2 is 1.66 bits per heavy atom. The van der Waals surface area contributed by atoms with E-state index >= 15 is 0 Å². The molecule has 154 valence electrons. The van der Waals surface area contributed by atoms with E-state index < -0.39 is 11.9 Å². The molecule has 3 rings (SSSR count). The smallest absolute Gasteiger partial charge is 0.354 e. The first-order valence-electron chi connectivity index (χ1n) is 9.14. The molecule has 2 N–H and O–H groups in total. The van der Waals surface area contributed by atoms with E-state index in [2.05, 4.69) is 11.9 Å². The van der Waals surface area contributed by atoms with E-state index in [1.54, 1.807) is 0 Å². The van der Waals surface area contributed by atoms with Gasteiger partial charge in [-0.2, -0.15) is 0 Å². The number of carboxylic acid groups (broad SMARTS) is 2. The molecule has 0 spiro atoms. The number of amides is 1. The highest BCUT2D eigenvalue weighted by Gasteiger charge is 2.35. The molecule has 2 aromatic carbocycles. The van der Waals surface area contributed by atoms with Crippen molar-refractivity contribution in [2.45, 2.75) is 12.5 Å². The summed E-state index contributed by atoms with van der Waals surface area (Å²) in [6.07, 6.45) is 1.03. The average Bonchev–Trinajstić information content (AvgIpc) is 3.14. The molecule has 1 aliphatic heterocycles. The molecule has 0 bridgehead atoms. The summed E-state index contributed by atoms with van der Waals surface area (Å²) in [6.45, 7) is 2.06. The van der Waals surface area contributed by atoms with Crippen LogP contribution in [0, 0.1) is 0 Å². The minimum atomic E-state index is -2.07. The van der Waals surface area contributed by atoms with Crippen LogP contribution in [0.15, 0.2) is 60.7 Å². The molecule has 1 amide bonds. The van der Waals surface area contributed by atoms with Crippen LogP contribution in [0.3, 0.4) is 0 Å². The normalized spacial score (nSPS) is 16.9. The predicted octanol–water partition coefficient (Wildman–Crippen LogP) is -0.666. The topological polar surface area (TPSA) is 111 Å². The van der Waals surface area contributed by atoms with Gasteiger partial charge in [-0.25, -0.2) is 14.5 Å². The van der Waals surface area contributed by atoms with Gasteiger partial charge in [0.2, 0.25) is 6.61 Å².